The van der Waals surface area contributed by atoms with Gasteiger partial charge in [-0.2, -0.15) is 0 Å². The second-order valence-electron chi connectivity index (χ2n) is 2.76. The van der Waals surface area contributed by atoms with Gasteiger partial charge in [-0.1, -0.05) is 6.07 Å². The minimum atomic E-state index is -0.994. The van der Waals surface area contributed by atoms with Crippen molar-refractivity contribution in [3.05, 3.63) is 36.2 Å². The Hall–Kier alpha value is -1.97. The summed E-state index contributed by atoms with van der Waals surface area (Å²) >= 11 is 0. The van der Waals surface area contributed by atoms with Crippen LogP contribution in [0, 0.1) is 0 Å². The number of nitrogens with zero attached hydrogens (tertiary/aromatic N) is 1. The van der Waals surface area contributed by atoms with E-state index in [0.29, 0.717) is 11.2 Å². The number of hydrogen-bond donors (Lipinski definition) is 2. The number of aromatic nitrogens is 1. The number of fused-ring (bicyclic) bond motifs is 1. The molecule has 0 aliphatic carbocycles. The summed E-state index contributed by atoms with van der Waals surface area (Å²) in [5.41, 5.74) is 6.63. The van der Waals surface area contributed by atoms with Gasteiger partial charge in [0.1, 0.15) is 5.56 Å². The van der Waals surface area contributed by atoms with Gasteiger partial charge in [-0.25, -0.2) is 4.79 Å². The lowest BCUT2D eigenvalue weighted by Gasteiger charge is -1.93. The van der Waals surface area contributed by atoms with E-state index in [2.05, 4.69) is 0 Å². The van der Waals surface area contributed by atoms with Crippen molar-refractivity contribution in [2.75, 3.05) is 5.73 Å². The normalized spacial score (nSPS) is 10.5. The monoisotopic (exact) mass is 176 g/mol. The molecule has 0 aromatic carbocycles. The van der Waals surface area contributed by atoms with Crippen LogP contribution < -0.4 is 5.73 Å². The number of anilines is 1. The van der Waals surface area contributed by atoms with Crippen molar-refractivity contribution in [3.8, 4) is 0 Å². The predicted octanol–water partition coefficient (Wildman–Crippen LogP) is 1.22. The molecule has 4 nitrogen and oxygen atoms in total. The van der Waals surface area contributed by atoms with Crippen LogP contribution in [0.1, 0.15) is 10.4 Å². The third-order valence-corrected chi connectivity index (χ3v) is 1.93. The van der Waals surface area contributed by atoms with Gasteiger partial charge in [0.05, 0.1) is 11.2 Å². The minimum Gasteiger partial charge on any atom is -0.478 e. The number of carbonyl (C=O) groups is 1. The van der Waals surface area contributed by atoms with Crippen LogP contribution in [0.5, 0.6) is 0 Å². The molecular formula is C9H8N2O2. The van der Waals surface area contributed by atoms with E-state index in [1.165, 1.54) is 0 Å². The van der Waals surface area contributed by atoms with Crippen LogP contribution in [0.2, 0.25) is 0 Å². The molecule has 66 valence electrons. The van der Waals surface area contributed by atoms with Gasteiger partial charge in [0.15, 0.2) is 0 Å². The summed E-state index contributed by atoms with van der Waals surface area (Å²) < 4.78 is 1.69. The minimum absolute atomic E-state index is 0.167. The van der Waals surface area contributed by atoms with Crippen LogP contribution in [-0.2, 0) is 0 Å². The van der Waals surface area contributed by atoms with Crippen molar-refractivity contribution in [3.63, 3.8) is 0 Å². The molecule has 2 heterocycles. The number of pyridine rings is 1. The van der Waals surface area contributed by atoms with E-state index in [-0.39, 0.29) is 5.56 Å². The first kappa shape index (κ1) is 7.67. The van der Waals surface area contributed by atoms with Crippen LogP contribution in [0.15, 0.2) is 30.6 Å². The quantitative estimate of drug-likeness (QED) is 0.686. The third-order valence-electron chi connectivity index (χ3n) is 1.93. The Morgan fingerprint density at radius 2 is 2.23 bits per heavy atom. The van der Waals surface area contributed by atoms with Crippen molar-refractivity contribution in [1.82, 2.24) is 4.40 Å². The van der Waals surface area contributed by atoms with Gasteiger partial charge in [-0.05, 0) is 12.1 Å². The first-order valence-corrected chi connectivity index (χ1v) is 3.78. The lowest BCUT2D eigenvalue weighted by Crippen LogP contribution is -1.99. The predicted molar refractivity (Wildman–Crippen MR) is 48.8 cm³/mol. The molecule has 4 heteroatoms. The molecular weight excluding hydrogens is 168 g/mol. The molecule has 0 saturated carbocycles. The van der Waals surface area contributed by atoms with E-state index in [1.807, 2.05) is 6.07 Å². The topological polar surface area (TPSA) is 67.7 Å². The second-order valence-corrected chi connectivity index (χ2v) is 2.76. The Balaban J connectivity index is 2.86. The van der Waals surface area contributed by atoms with E-state index >= 15 is 0 Å². The number of rotatable bonds is 1. The number of carboxylic acids is 1. The zero-order valence-electron chi connectivity index (χ0n) is 6.77. The van der Waals surface area contributed by atoms with Crippen molar-refractivity contribution in [1.29, 1.82) is 0 Å². The van der Waals surface area contributed by atoms with Gasteiger partial charge in [0.25, 0.3) is 0 Å². The van der Waals surface area contributed by atoms with Crippen molar-refractivity contribution >= 4 is 17.2 Å². The maximum atomic E-state index is 10.8. The highest BCUT2D eigenvalue weighted by molar-refractivity contribution is 6.01. The number of aromatic carboxylic acids is 1. The fourth-order valence-electron chi connectivity index (χ4n) is 1.38. The van der Waals surface area contributed by atoms with Crippen LogP contribution >= 0.6 is 0 Å². The molecule has 0 fully saturated rings. The van der Waals surface area contributed by atoms with Gasteiger partial charge < -0.3 is 15.2 Å². The fraction of sp³-hybridized carbons (Fsp3) is 0. The summed E-state index contributed by atoms with van der Waals surface area (Å²) in [4.78, 5) is 10.8. The van der Waals surface area contributed by atoms with E-state index in [0.717, 1.165) is 0 Å². The molecule has 0 bridgehead atoms. The molecule has 0 amide bonds. The highest BCUT2D eigenvalue weighted by Crippen LogP contribution is 2.19. The number of carboxylic acid groups (broad SMARTS) is 1. The van der Waals surface area contributed by atoms with Crippen LogP contribution in [-0.4, -0.2) is 15.5 Å². The smallest absolute Gasteiger partial charge is 0.340 e. The van der Waals surface area contributed by atoms with E-state index in [4.69, 9.17) is 10.8 Å². The summed E-state index contributed by atoms with van der Waals surface area (Å²) in [7, 11) is 0. The largest absolute Gasteiger partial charge is 0.478 e. The Morgan fingerprint density at radius 3 is 2.92 bits per heavy atom. The number of hydrogen-bond acceptors (Lipinski definition) is 2. The molecule has 2 rings (SSSR count). The lowest BCUT2D eigenvalue weighted by molar-refractivity contribution is 0.0700. The maximum absolute atomic E-state index is 10.8. The van der Waals surface area contributed by atoms with Crippen molar-refractivity contribution < 1.29 is 9.90 Å². The summed E-state index contributed by atoms with van der Waals surface area (Å²) in [6, 6.07) is 5.32. The lowest BCUT2D eigenvalue weighted by atomic mass is 10.2. The first-order valence-electron chi connectivity index (χ1n) is 3.78. The van der Waals surface area contributed by atoms with Gasteiger partial charge in [-0.3, -0.25) is 0 Å². The van der Waals surface area contributed by atoms with Gasteiger partial charge >= 0.3 is 5.97 Å². The zero-order valence-corrected chi connectivity index (χ0v) is 6.77. The zero-order chi connectivity index (χ0) is 9.42. The average molecular weight is 176 g/mol. The number of nitrogens with two attached hydrogens (primary N) is 1. The molecule has 0 atom stereocenters. The van der Waals surface area contributed by atoms with Crippen molar-refractivity contribution in [2.24, 2.45) is 0 Å². The highest BCUT2D eigenvalue weighted by Gasteiger charge is 2.13. The van der Waals surface area contributed by atoms with Gasteiger partial charge in [0.2, 0.25) is 0 Å². The fourth-order valence-corrected chi connectivity index (χ4v) is 1.38. The molecule has 0 saturated heterocycles. The summed E-state index contributed by atoms with van der Waals surface area (Å²) in [5.74, 6) is -0.994. The summed E-state index contributed by atoms with van der Waals surface area (Å²) in [5, 5.41) is 8.86. The summed E-state index contributed by atoms with van der Waals surface area (Å²) in [6.07, 6.45) is 3.36. The standard InChI is InChI=1S/C9H8N2O2/c10-6-5-11-4-2-1-3-7(11)8(6)9(12)13/h1-5H,10H2,(H,12,13). The molecule has 0 spiro atoms. The van der Waals surface area contributed by atoms with Crippen LogP contribution in [0.4, 0.5) is 5.69 Å². The van der Waals surface area contributed by atoms with E-state index in [9.17, 15) is 4.79 Å². The van der Waals surface area contributed by atoms with E-state index in [1.54, 1.807) is 28.9 Å². The molecule has 0 aliphatic rings. The molecule has 2 aromatic rings. The second kappa shape index (κ2) is 2.52. The molecule has 2 aromatic heterocycles. The highest BCUT2D eigenvalue weighted by atomic mass is 16.4. The molecule has 0 radical (unpaired) electrons. The van der Waals surface area contributed by atoms with Gasteiger partial charge in [-0.15, -0.1) is 0 Å². The van der Waals surface area contributed by atoms with E-state index < -0.39 is 5.97 Å². The Bertz CT molecular complexity index is 473. The maximum Gasteiger partial charge on any atom is 0.340 e. The molecule has 3 N–H and O–H groups in total. The van der Waals surface area contributed by atoms with Crippen LogP contribution in [0.3, 0.4) is 0 Å². The Labute approximate surface area is 74.2 Å². The Morgan fingerprint density at radius 1 is 1.46 bits per heavy atom. The number of nitrogen functional groups attached to an aromatic ring is 1. The van der Waals surface area contributed by atoms with Crippen LogP contribution in [0.25, 0.3) is 5.52 Å². The Kier molecular flexibility index (Phi) is 1.48. The third kappa shape index (κ3) is 1.03. The first-order chi connectivity index (χ1) is 6.20. The molecule has 0 unspecified atom stereocenters. The SMILES string of the molecule is Nc1cn2ccccc2c1C(=O)O. The molecule has 0 aliphatic heterocycles. The van der Waals surface area contributed by atoms with Gasteiger partial charge in [0, 0.05) is 12.4 Å². The molecule has 13 heavy (non-hydrogen) atoms. The van der Waals surface area contributed by atoms with Crippen molar-refractivity contribution in [2.45, 2.75) is 0 Å². The average Bonchev–Trinajstić information content (AvgIpc) is 2.39. The summed E-state index contributed by atoms with van der Waals surface area (Å²) in [6.45, 7) is 0.